The molecule has 0 aliphatic carbocycles. The monoisotopic (exact) mass is 498 g/mol. The number of rotatable bonds is 6. The van der Waals surface area contributed by atoms with E-state index >= 15 is 4.79 Å². The standard InChI is InChI=1S/C35H31OP/c1-26-24-27(2)33(28(3)25-26)34(36)35(29-16-8-4-9-17-29)37(30-18-10-5-11-19-30,31-20-12-6-13-21-31)32-22-14-7-15-23-32/h4-25H,1-3H3. The molecule has 0 aliphatic rings. The summed E-state index contributed by atoms with van der Waals surface area (Å²) in [6, 6.07) is 46.4. The van der Waals surface area contributed by atoms with Crippen LogP contribution >= 0.6 is 6.89 Å². The molecule has 5 aromatic carbocycles. The van der Waals surface area contributed by atoms with E-state index in [2.05, 4.69) is 118 Å². The van der Waals surface area contributed by atoms with Crippen LogP contribution in [0.4, 0.5) is 0 Å². The summed E-state index contributed by atoms with van der Waals surface area (Å²) >= 11 is 0. The summed E-state index contributed by atoms with van der Waals surface area (Å²) in [5, 5.41) is 4.37. The fourth-order valence-electron chi connectivity index (χ4n) is 5.52. The van der Waals surface area contributed by atoms with Crippen LogP contribution in [0.15, 0.2) is 133 Å². The predicted octanol–water partition coefficient (Wildman–Crippen LogP) is 7.01. The third-order valence-electron chi connectivity index (χ3n) is 6.93. The van der Waals surface area contributed by atoms with Gasteiger partial charge in [0.05, 0.1) is 0 Å². The van der Waals surface area contributed by atoms with E-state index in [4.69, 9.17) is 0 Å². The maximum absolute atomic E-state index is 15.1. The van der Waals surface area contributed by atoms with Crippen molar-refractivity contribution < 1.29 is 4.79 Å². The highest BCUT2D eigenvalue weighted by Crippen LogP contribution is 2.48. The van der Waals surface area contributed by atoms with Crippen LogP contribution in [0.1, 0.15) is 32.6 Å². The van der Waals surface area contributed by atoms with Crippen LogP contribution in [0.25, 0.3) is 0 Å². The van der Waals surface area contributed by atoms with Gasteiger partial charge in [-0.3, -0.25) is 4.79 Å². The van der Waals surface area contributed by atoms with Crippen LogP contribution in [-0.4, -0.2) is 11.1 Å². The Labute approximate surface area is 220 Å². The predicted molar refractivity (Wildman–Crippen MR) is 161 cm³/mol. The summed E-state index contributed by atoms with van der Waals surface area (Å²) in [4.78, 5) is 15.1. The Hall–Kier alpha value is -3.93. The second-order valence-electron chi connectivity index (χ2n) is 9.49. The van der Waals surface area contributed by atoms with Crippen molar-refractivity contribution in [2.75, 3.05) is 0 Å². The smallest absolute Gasteiger partial charge is 0.195 e. The van der Waals surface area contributed by atoms with Gasteiger partial charge in [0, 0.05) is 10.9 Å². The minimum atomic E-state index is -2.59. The molecule has 0 atom stereocenters. The van der Waals surface area contributed by atoms with E-state index in [-0.39, 0.29) is 5.78 Å². The number of carbonyl (C=O) groups excluding carboxylic acids is 1. The first kappa shape index (κ1) is 24.8. The molecular formula is C35H31OP. The van der Waals surface area contributed by atoms with Crippen molar-refractivity contribution in [1.29, 1.82) is 0 Å². The lowest BCUT2D eigenvalue weighted by Crippen LogP contribution is -2.34. The second kappa shape index (κ2) is 10.6. The molecule has 5 rings (SSSR count). The normalized spacial score (nSPS) is 11.2. The van der Waals surface area contributed by atoms with Crippen LogP contribution in [0, 0.1) is 20.8 Å². The van der Waals surface area contributed by atoms with Crippen molar-refractivity contribution in [2.24, 2.45) is 0 Å². The zero-order valence-corrected chi connectivity index (χ0v) is 22.5. The Balaban J connectivity index is 2.07. The lowest BCUT2D eigenvalue weighted by atomic mass is 9.93. The SMILES string of the molecule is Cc1cc(C)c(C(=O)C(c2ccccc2)=P(c2ccccc2)(c2ccccc2)c2ccccc2)c(C)c1. The van der Waals surface area contributed by atoms with E-state index in [0.29, 0.717) is 0 Å². The fraction of sp³-hybridized carbons (Fsp3) is 0.0857. The largest absolute Gasteiger partial charge is 0.289 e. The summed E-state index contributed by atoms with van der Waals surface area (Å²) < 4.78 is 0. The number of Topliss-reactive ketones (excluding diaryl/α,β-unsaturated/α-hetero) is 1. The van der Waals surface area contributed by atoms with Gasteiger partial charge in [-0.1, -0.05) is 139 Å². The Morgan fingerprint density at radius 3 is 1.24 bits per heavy atom. The molecule has 0 saturated carbocycles. The molecule has 0 amide bonds. The van der Waals surface area contributed by atoms with Crippen molar-refractivity contribution in [3.05, 3.63) is 161 Å². The molecule has 0 unspecified atom stereocenters. The van der Waals surface area contributed by atoms with Gasteiger partial charge in [0.25, 0.3) is 0 Å². The molecule has 0 N–H and O–H groups in total. The van der Waals surface area contributed by atoms with E-state index < -0.39 is 6.89 Å². The van der Waals surface area contributed by atoms with Crippen LogP contribution < -0.4 is 15.9 Å². The lowest BCUT2D eigenvalue weighted by molar-refractivity contribution is 0.106. The van der Waals surface area contributed by atoms with E-state index in [1.807, 2.05) is 36.4 Å². The Bertz CT molecular complexity index is 1460. The molecular weight excluding hydrogens is 467 g/mol. The Morgan fingerprint density at radius 2 is 0.865 bits per heavy atom. The summed E-state index contributed by atoms with van der Waals surface area (Å²) in [7, 11) is 0. The molecule has 37 heavy (non-hydrogen) atoms. The number of hydrogen-bond donors (Lipinski definition) is 0. The minimum absolute atomic E-state index is 0.103. The van der Waals surface area contributed by atoms with Crippen molar-refractivity contribution in [2.45, 2.75) is 20.8 Å². The van der Waals surface area contributed by atoms with Gasteiger partial charge in [-0.25, -0.2) is 0 Å². The molecule has 0 aromatic heterocycles. The van der Waals surface area contributed by atoms with Crippen LogP contribution in [-0.2, 0) is 0 Å². The van der Waals surface area contributed by atoms with Gasteiger partial charge in [-0.2, -0.15) is 0 Å². The Kier molecular flexibility index (Phi) is 7.08. The average Bonchev–Trinajstić information content (AvgIpc) is 2.93. The number of carbonyl (C=O) groups is 1. The molecule has 0 heterocycles. The highest BCUT2D eigenvalue weighted by atomic mass is 31.2. The zero-order valence-electron chi connectivity index (χ0n) is 21.6. The van der Waals surface area contributed by atoms with Gasteiger partial charge in [0.15, 0.2) is 5.78 Å². The molecule has 1 nitrogen and oxygen atoms in total. The quantitative estimate of drug-likeness (QED) is 0.182. The molecule has 182 valence electrons. The van der Waals surface area contributed by atoms with Crippen molar-refractivity contribution >= 4 is 33.9 Å². The Morgan fingerprint density at radius 1 is 0.514 bits per heavy atom. The van der Waals surface area contributed by atoms with E-state index in [1.54, 1.807) is 0 Å². The van der Waals surface area contributed by atoms with Crippen molar-refractivity contribution in [3.8, 4) is 0 Å². The third kappa shape index (κ3) is 4.52. The summed E-state index contributed by atoms with van der Waals surface area (Å²) in [5.74, 6) is 0.103. The molecule has 0 fully saturated rings. The summed E-state index contributed by atoms with van der Waals surface area (Å²) in [5.41, 5.74) is 4.97. The molecule has 0 saturated heterocycles. The fourth-order valence-corrected chi connectivity index (χ4v) is 10.00. The first-order chi connectivity index (χ1) is 18.0. The molecule has 0 bridgehead atoms. The maximum atomic E-state index is 15.1. The van der Waals surface area contributed by atoms with Crippen molar-refractivity contribution in [1.82, 2.24) is 0 Å². The number of benzene rings is 5. The number of ketones is 1. The van der Waals surface area contributed by atoms with Gasteiger partial charge in [-0.05, 0) is 60.3 Å². The lowest BCUT2D eigenvalue weighted by Gasteiger charge is -2.33. The van der Waals surface area contributed by atoms with Gasteiger partial charge in [0.2, 0.25) is 0 Å². The molecule has 2 heteroatoms. The highest BCUT2D eigenvalue weighted by molar-refractivity contribution is 7.97. The van der Waals surface area contributed by atoms with Crippen LogP contribution in [0.5, 0.6) is 0 Å². The molecule has 0 aliphatic heterocycles. The molecule has 5 aromatic rings. The third-order valence-corrected chi connectivity index (χ3v) is 11.3. The topological polar surface area (TPSA) is 17.1 Å². The van der Waals surface area contributed by atoms with Gasteiger partial charge < -0.3 is 0 Å². The summed E-state index contributed by atoms with van der Waals surface area (Å²) in [6.45, 7) is 3.62. The second-order valence-corrected chi connectivity index (χ2v) is 12.8. The molecule has 0 spiro atoms. The van der Waals surface area contributed by atoms with E-state index in [1.165, 1.54) is 21.5 Å². The first-order valence-electron chi connectivity index (χ1n) is 12.6. The van der Waals surface area contributed by atoms with Crippen LogP contribution in [0.3, 0.4) is 0 Å². The number of hydrogen-bond acceptors (Lipinski definition) is 1. The van der Waals surface area contributed by atoms with Gasteiger partial charge in [0.1, 0.15) is 0 Å². The van der Waals surface area contributed by atoms with Crippen molar-refractivity contribution in [3.63, 3.8) is 0 Å². The minimum Gasteiger partial charge on any atom is -0.289 e. The van der Waals surface area contributed by atoms with E-state index in [9.17, 15) is 0 Å². The van der Waals surface area contributed by atoms with Crippen LogP contribution in [0.2, 0.25) is 0 Å². The highest BCUT2D eigenvalue weighted by Gasteiger charge is 2.35. The van der Waals surface area contributed by atoms with Gasteiger partial charge >= 0.3 is 0 Å². The maximum Gasteiger partial charge on any atom is 0.195 e. The van der Waals surface area contributed by atoms with E-state index in [0.717, 1.165) is 27.5 Å². The molecule has 0 radical (unpaired) electrons. The number of aryl methyl sites for hydroxylation is 3. The zero-order chi connectivity index (χ0) is 25.8. The first-order valence-corrected chi connectivity index (χ1v) is 14.4. The summed E-state index contributed by atoms with van der Waals surface area (Å²) in [6.07, 6.45) is 0. The van der Waals surface area contributed by atoms with Gasteiger partial charge in [-0.15, -0.1) is 0 Å². The average molecular weight is 499 g/mol.